The van der Waals surface area contributed by atoms with E-state index in [4.69, 9.17) is 4.74 Å². The Balaban J connectivity index is 1.89. The van der Waals surface area contributed by atoms with Gasteiger partial charge >= 0.3 is 6.09 Å². The van der Waals surface area contributed by atoms with Crippen LogP contribution in [0.4, 0.5) is 10.5 Å². The summed E-state index contributed by atoms with van der Waals surface area (Å²) >= 11 is 0. The van der Waals surface area contributed by atoms with Gasteiger partial charge in [-0.05, 0) is 56.2 Å². The summed E-state index contributed by atoms with van der Waals surface area (Å²) < 4.78 is 5.26. The molecule has 3 amide bonds. The maximum Gasteiger partial charge on any atom is 0.408 e. The second kappa shape index (κ2) is 11.7. The maximum atomic E-state index is 13.6. The molecule has 190 valence electrons. The van der Waals surface area contributed by atoms with Crippen molar-refractivity contribution in [2.75, 3.05) is 18.5 Å². The summed E-state index contributed by atoms with van der Waals surface area (Å²) in [6, 6.07) is 20.2. The second-order valence-electron chi connectivity index (χ2n) is 9.49. The molecule has 3 rings (SSSR count). The van der Waals surface area contributed by atoms with E-state index < -0.39 is 35.6 Å². The summed E-state index contributed by atoms with van der Waals surface area (Å²) in [6.45, 7) is 6.21. The Morgan fingerprint density at radius 3 is 2.22 bits per heavy atom. The summed E-state index contributed by atoms with van der Waals surface area (Å²) in [6.07, 6.45) is -0.746. The molecule has 0 saturated heterocycles. The first kappa shape index (κ1) is 26.7. The van der Waals surface area contributed by atoms with Crippen molar-refractivity contribution in [3.63, 3.8) is 0 Å². The minimum absolute atomic E-state index is 0.107. The number of benzene rings is 3. The van der Waals surface area contributed by atoms with Gasteiger partial charge in [-0.1, -0.05) is 60.7 Å². The number of nitrogens with one attached hydrogen (secondary N) is 2. The van der Waals surface area contributed by atoms with E-state index in [1.54, 1.807) is 51.1 Å². The van der Waals surface area contributed by atoms with Crippen LogP contribution in [0.25, 0.3) is 10.8 Å². The highest BCUT2D eigenvalue weighted by Gasteiger charge is 2.34. The Bertz CT molecular complexity index is 1210. The number of carbonyl (C=O) groups excluding carboxylic acids is 3. The Labute approximate surface area is 211 Å². The standard InChI is InChI=1S/C28H33N3O5/c1-19(29-27(35)36-28(2,3)4)26(34)31(16-17-32)24(21-11-6-5-7-12-21)25(33)30-23-15-14-20-10-8-9-13-22(20)18-23/h5-15,18-19,24,32H,16-17H2,1-4H3,(H,29,35)(H,30,33). The van der Waals surface area contributed by atoms with E-state index in [1.807, 2.05) is 42.5 Å². The van der Waals surface area contributed by atoms with Crippen molar-refractivity contribution in [1.29, 1.82) is 0 Å². The molecule has 3 aromatic carbocycles. The first-order valence-corrected chi connectivity index (χ1v) is 11.8. The van der Waals surface area contributed by atoms with Crippen molar-refractivity contribution in [2.45, 2.75) is 45.4 Å². The highest BCUT2D eigenvalue weighted by Crippen LogP contribution is 2.25. The van der Waals surface area contributed by atoms with Crippen LogP contribution in [0.15, 0.2) is 72.8 Å². The van der Waals surface area contributed by atoms with Crippen molar-refractivity contribution in [3.05, 3.63) is 78.4 Å². The summed E-state index contributed by atoms with van der Waals surface area (Å²) in [5, 5.41) is 17.2. The lowest BCUT2D eigenvalue weighted by Crippen LogP contribution is -2.51. The Morgan fingerprint density at radius 2 is 1.58 bits per heavy atom. The number of anilines is 1. The van der Waals surface area contributed by atoms with Gasteiger partial charge in [0.15, 0.2) is 0 Å². The number of hydrogen-bond acceptors (Lipinski definition) is 5. The predicted octanol–water partition coefficient (Wildman–Crippen LogP) is 4.25. The molecule has 0 fully saturated rings. The number of aliphatic hydroxyl groups is 1. The number of nitrogens with zero attached hydrogens (tertiary/aromatic N) is 1. The van der Waals surface area contributed by atoms with E-state index >= 15 is 0 Å². The zero-order valence-electron chi connectivity index (χ0n) is 21.0. The predicted molar refractivity (Wildman–Crippen MR) is 139 cm³/mol. The molecule has 8 nitrogen and oxygen atoms in total. The topological polar surface area (TPSA) is 108 Å². The van der Waals surface area contributed by atoms with E-state index in [0.29, 0.717) is 11.3 Å². The third kappa shape index (κ3) is 7.05. The normalized spacial score (nSPS) is 12.9. The van der Waals surface area contributed by atoms with Gasteiger partial charge in [-0.2, -0.15) is 0 Å². The number of carbonyl (C=O) groups is 3. The highest BCUT2D eigenvalue weighted by molar-refractivity contribution is 6.00. The molecule has 0 aliphatic carbocycles. The molecule has 36 heavy (non-hydrogen) atoms. The Hall–Kier alpha value is -3.91. The molecular weight excluding hydrogens is 458 g/mol. The van der Waals surface area contributed by atoms with Crippen molar-refractivity contribution < 1.29 is 24.2 Å². The molecule has 3 aromatic rings. The fraction of sp³-hybridized carbons (Fsp3) is 0.321. The summed E-state index contributed by atoms with van der Waals surface area (Å²) in [5.41, 5.74) is 0.419. The second-order valence-corrected chi connectivity index (χ2v) is 9.49. The maximum absolute atomic E-state index is 13.6. The Morgan fingerprint density at radius 1 is 0.944 bits per heavy atom. The van der Waals surface area contributed by atoms with Crippen molar-refractivity contribution in [3.8, 4) is 0 Å². The van der Waals surface area contributed by atoms with E-state index in [1.165, 1.54) is 11.8 Å². The number of aliphatic hydroxyl groups excluding tert-OH is 1. The summed E-state index contributed by atoms with van der Waals surface area (Å²) in [4.78, 5) is 40.6. The fourth-order valence-corrected chi connectivity index (χ4v) is 3.85. The lowest BCUT2D eigenvalue weighted by molar-refractivity contribution is -0.141. The SMILES string of the molecule is CC(NC(=O)OC(C)(C)C)C(=O)N(CCO)C(C(=O)Nc1ccc2ccccc2c1)c1ccccc1. The lowest BCUT2D eigenvalue weighted by atomic mass is 10.0. The van der Waals surface area contributed by atoms with E-state index in [0.717, 1.165) is 10.8 Å². The number of ether oxygens (including phenoxy) is 1. The molecule has 0 bridgehead atoms. The van der Waals surface area contributed by atoms with Crippen LogP contribution >= 0.6 is 0 Å². The average molecular weight is 492 g/mol. The molecule has 3 N–H and O–H groups in total. The zero-order valence-corrected chi connectivity index (χ0v) is 21.0. The van der Waals surface area contributed by atoms with Gasteiger partial charge in [-0.3, -0.25) is 9.59 Å². The third-order valence-corrected chi connectivity index (χ3v) is 5.42. The first-order chi connectivity index (χ1) is 17.1. The van der Waals surface area contributed by atoms with E-state index in [2.05, 4.69) is 10.6 Å². The largest absolute Gasteiger partial charge is 0.444 e. The van der Waals surface area contributed by atoms with Gasteiger partial charge in [0, 0.05) is 12.2 Å². The molecule has 0 aromatic heterocycles. The van der Waals surface area contributed by atoms with Gasteiger partial charge in [-0.25, -0.2) is 4.79 Å². The number of hydrogen-bond donors (Lipinski definition) is 3. The van der Waals surface area contributed by atoms with Crippen molar-refractivity contribution in [1.82, 2.24) is 10.2 Å². The molecule has 0 aliphatic rings. The van der Waals surface area contributed by atoms with Gasteiger partial charge in [-0.15, -0.1) is 0 Å². The molecule has 0 spiro atoms. The average Bonchev–Trinajstić information content (AvgIpc) is 2.82. The minimum atomic E-state index is -1.04. The van der Waals surface area contributed by atoms with Crippen molar-refractivity contribution in [2.24, 2.45) is 0 Å². The van der Waals surface area contributed by atoms with Crippen LogP contribution in [0.2, 0.25) is 0 Å². The van der Waals surface area contributed by atoms with Gasteiger partial charge in [0.2, 0.25) is 5.91 Å². The zero-order chi connectivity index (χ0) is 26.3. The van der Waals surface area contributed by atoms with Crippen LogP contribution in [-0.4, -0.2) is 52.7 Å². The number of amides is 3. The number of rotatable bonds is 8. The molecule has 0 aliphatic heterocycles. The van der Waals surface area contributed by atoms with Crippen LogP contribution in [-0.2, 0) is 14.3 Å². The monoisotopic (exact) mass is 491 g/mol. The molecule has 0 radical (unpaired) electrons. The first-order valence-electron chi connectivity index (χ1n) is 11.8. The molecular formula is C28H33N3O5. The van der Waals surface area contributed by atoms with Crippen LogP contribution < -0.4 is 10.6 Å². The molecule has 0 heterocycles. The molecule has 2 unspecified atom stereocenters. The lowest BCUT2D eigenvalue weighted by Gasteiger charge is -2.33. The van der Waals surface area contributed by atoms with E-state index in [9.17, 15) is 19.5 Å². The third-order valence-electron chi connectivity index (χ3n) is 5.42. The van der Waals surface area contributed by atoms with Crippen molar-refractivity contribution >= 4 is 34.4 Å². The molecule has 0 saturated carbocycles. The van der Waals surface area contributed by atoms with Gasteiger partial charge in [0.1, 0.15) is 17.7 Å². The minimum Gasteiger partial charge on any atom is -0.444 e. The van der Waals surface area contributed by atoms with Gasteiger partial charge < -0.3 is 25.4 Å². The van der Waals surface area contributed by atoms with Gasteiger partial charge in [0.05, 0.1) is 6.61 Å². The molecule has 8 heteroatoms. The van der Waals surface area contributed by atoms with E-state index in [-0.39, 0.29) is 13.2 Å². The van der Waals surface area contributed by atoms with Crippen LogP contribution in [0.3, 0.4) is 0 Å². The van der Waals surface area contributed by atoms with Crippen LogP contribution in [0, 0.1) is 0 Å². The summed E-state index contributed by atoms with van der Waals surface area (Å²) in [5.74, 6) is -0.972. The Kier molecular flexibility index (Phi) is 8.66. The smallest absolute Gasteiger partial charge is 0.408 e. The number of fused-ring (bicyclic) bond motifs is 1. The highest BCUT2D eigenvalue weighted by atomic mass is 16.6. The fourth-order valence-electron chi connectivity index (χ4n) is 3.85. The summed E-state index contributed by atoms with van der Waals surface area (Å²) in [7, 11) is 0. The van der Waals surface area contributed by atoms with Gasteiger partial charge in [0.25, 0.3) is 5.91 Å². The van der Waals surface area contributed by atoms with Crippen LogP contribution in [0.5, 0.6) is 0 Å². The number of alkyl carbamates (subject to hydrolysis) is 1. The quantitative estimate of drug-likeness (QED) is 0.437. The van der Waals surface area contributed by atoms with Crippen LogP contribution in [0.1, 0.15) is 39.3 Å². The molecule has 2 atom stereocenters.